The van der Waals surface area contributed by atoms with E-state index in [2.05, 4.69) is 47.6 Å². The van der Waals surface area contributed by atoms with Crippen LogP contribution < -0.4 is 10.2 Å². The number of ketones is 1. The molecule has 0 amide bonds. The summed E-state index contributed by atoms with van der Waals surface area (Å²) in [6, 6.07) is 14.7. The smallest absolute Gasteiger partial charge is 0.161 e. The summed E-state index contributed by atoms with van der Waals surface area (Å²) in [5.74, 6) is 1.75. The predicted octanol–water partition coefficient (Wildman–Crippen LogP) is 3.38. The molecule has 0 atom stereocenters. The topological polar surface area (TPSA) is 34.5 Å². The Kier molecular flexibility index (Phi) is 6.28. The van der Waals surface area contributed by atoms with Crippen molar-refractivity contribution in [2.75, 3.05) is 26.7 Å². The third-order valence-corrected chi connectivity index (χ3v) is 6.52. The molecule has 2 aromatic carbocycles. The van der Waals surface area contributed by atoms with Crippen molar-refractivity contribution in [1.29, 1.82) is 0 Å². The van der Waals surface area contributed by atoms with E-state index in [0.29, 0.717) is 5.92 Å². The van der Waals surface area contributed by atoms with Crippen LogP contribution in [0.1, 0.15) is 48.0 Å². The van der Waals surface area contributed by atoms with E-state index in [9.17, 15) is 4.79 Å². The number of carbonyl (C=O) groups excluding carboxylic acids is 1. The number of piperidine rings is 1. The zero-order valence-electron chi connectivity index (χ0n) is 18.4. The second-order valence-corrected chi connectivity index (χ2v) is 8.47. The molecule has 0 unspecified atom stereocenters. The summed E-state index contributed by atoms with van der Waals surface area (Å²) in [6.07, 6.45) is 5.50. The number of methoxy groups -OCH3 is 1. The molecule has 30 heavy (non-hydrogen) atoms. The lowest BCUT2D eigenvalue weighted by Gasteiger charge is -2.32. The lowest BCUT2D eigenvalue weighted by Crippen LogP contribution is -2.34. The average molecular weight is 402 g/mol. The van der Waals surface area contributed by atoms with Crippen LogP contribution in [-0.4, -0.2) is 49.8 Å². The van der Waals surface area contributed by atoms with Crippen LogP contribution >= 0.6 is 0 Å². The largest absolute Gasteiger partial charge is 0.496 e. The first-order valence-electron chi connectivity index (χ1n) is 11.0. The fourth-order valence-corrected chi connectivity index (χ4v) is 4.94. The van der Waals surface area contributed by atoms with Crippen LogP contribution in [0.25, 0.3) is 10.9 Å². The Hall–Kier alpha value is -2.53. The Morgan fingerprint density at radius 1 is 1.10 bits per heavy atom. The van der Waals surface area contributed by atoms with Gasteiger partial charge in [-0.15, -0.1) is 0 Å². The summed E-state index contributed by atoms with van der Waals surface area (Å²) in [7, 11) is 3.89. The number of hydrogen-bond acceptors (Lipinski definition) is 3. The van der Waals surface area contributed by atoms with E-state index in [1.807, 2.05) is 18.3 Å². The maximum Gasteiger partial charge on any atom is 0.161 e. The second kappa shape index (κ2) is 9.09. The lowest BCUT2D eigenvalue weighted by atomic mass is 9.89. The molecule has 0 bridgehead atoms. The first-order chi connectivity index (χ1) is 14.6. The molecule has 1 aliphatic heterocycles. The molecule has 4 nitrogen and oxygen atoms in total. The minimum Gasteiger partial charge on any atom is -0.496 e. The highest BCUT2D eigenvalue weighted by molar-refractivity contribution is 6.38. The van der Waals surface area contributed by atoms with E-state index in [0.717, 1.165) is 49.3 Å². The van der Waals surface area contributed by atoms with Gasteiger partial charge in [-0.05, 0) is 63.4 Å². The maximum atomic E-state index is 12.1. The third kappa shape index (κ3) is 4.17. The molecule has 1 fully saturated rings. The van der Waals surface area contributed by atoms with Gasteiger partial charge in [0.15, 0.2) is 5.78 Å². The van der Waals surface area contributed by atoms with Gasteiger partial charge in [-0.25, -0.2) is 0 Å². The number of hydrogen-bond donors (Lipinski definition) is 0. The fourth-order valence-electron chi connectivity index (χ4n) is 4.94. The summed E-state index contributed by atoms with van der Waals surface area (Å²) in [5, 5.41) is 1.08. The summed E-state index contributed by atoms with van der Waals surface area (Å²) < 4.78 is 7.84. The van der Waals surface area contributed by atoms with Gasteiger partial charge in [0.25, 0.3) is 0 Å². The number of benzene rings is 2. The van der Waals surface area contributed by atoms with E-state index < -0.39 is 0 Å². The van der Waals surface area contributed by atoms with Gasteiger partial charge in [0.05, 0.1) is 7.11 Å². The van der Waals surface area contributed by atoms with Crippen molar-refractivity contribution >= 4 is 30.0 Å². The maximum absolute atomic E-state index is 12.1. The van der Waals surface area contributed by atoms with Crippen LogP contribution in [-0.2, 0) is 6.54 Å². The lowest BCUT2D eigenvalue weighted by molar-refractivity contribution is 0.101. The molecule has 0 aliphatic carbocycles. The first-order valence-corrected chi connectivity index (χ1v) is 11.0. The van der Waals surface area contributed by atoms with Crippen LogP contribution in [0, 0.1) is 0 Å². The zero-order valence-corrected chi connectivity index (χ0v) is 18.4. The van der Waals surface area contributed by atoms with Crippen LogP contribution in [0.2, 0.25) is 0 Å². The molecule has 4 rings (SSSR count). The van der Waals surface area contributed by atoms with Crippen LogP contribution in [0.4, 0.5) is 0 Å². The van der Waals surface area contributed by atoms with Gasteiger partial charge in [0, 0.05) is 29.2 Å². The Morgan fingerprint density at radius 3 is 2.60 bits per heavy atom. The molecule has 1 aromatic heterocycles. The number of aromatic nitrogens is 1. The molecule has 2 heterocycles. The number of carbonyl (C=O) groups is 1. The number of nitrogens with zero attached hydrogens (tertiary/aromatic N) is 2. The second-order valence-electron chi connectivity index (χ2n) is 8.47. The van der Waals surface area contributed by atoms with Crippen LogP contribution in [0.5, 0.6) is 5.75 Å². The van der Waals surface area contributed by atoms with E-state index in [4.69, 9.17) is 4.74 Å². The molecule has 3 aromatic rings. The van der Waals surface area contributed by atoms with Gasteiger partial charge in [0.2, 0.25) is 0 Å². The number of aryl methyl sites for hydroxylation is 1. The van der Waals surface area contributed by atoms with Gasteiger partial charge in [-0.3, -0.25) is 4.79 Å². The Balaban J connectivity index is 1.36. The summed E-state index contributed by atoms with van der Waals surface area (Å²) in [5.41, 5.74) is 4.63. The van der Waals surface area contributed by atoms with E-state index >= 15 is 0 Å². The van der Waals surface area contributed by atoms with Crippen molar-refractivity contribution < 1.29 is 9.53 Å². The normalized spacial score (nSPS) is 15.5. The van der Waals surface area contributed by atoms with Crippen molar-refractivity contribution in [3.63, 3.8) is 0 Å². The number of fused-ring (bicyclic) bond motifs is 1. The molecule has 0 N–H and O–H groups in total. The zero-order chi connectivity index (χ0) is 21.1. The number of ether oxygens (including phenoxy) is 1. The predicted molar refractivity (Wildman–Crippen MR) is 126 cm³/mol. The van der Waals surface area contributed by atoms with E-state index in [1.165, 1.54) is 29.4 Å². The number of rotatable bonds is 7. The van der Waals surface area contributed by atoms with E-state index in [1.54, 1.807) is 14.0 Å². The van der Waals surface area contributed by atoms with Gasteiger partial charge in [-0.2, -0.15) is 0 Å². The molecule has 1 saturated heterocycles. The Morgan fingerprint density at radius 2 is 1.87 bits per heavy atom. The molecule has 0 saturated carbocycles. The third-order valence-electron chi connectivity index (χ3n) is 6.52. The highest BCUT2D eigenvalue weighted by atomic mass is 16.5. The van der Waals surface area contributed by atoms with Crippen LogP contribution in [0.15, 0.2) is 48.7 Å². The number of Topliss-reactive ketones (excluding diaryl/α,β-unsaturated/α-hetero) is 1. The van der Waals surface area contributed by atoms with Gasteiger partial charge < -0.3 is 14.2 Å². The Bertz CT molecular complexity index is 1030. The standard InChI is InChI=1S/C25H31BN2O2/c1-18(29)22-17-28(25-21(22)8-5-9-23(25)26)14-6-13-27-15-11-19(12-16-27)20-7-3-4-10-24(20)30-2/h3-5,7-10,17,19H,6,11-16,26H2,1-2H3. The molecular formula is C25H31BN2O2. The quantitative estimate of drug-likeness (QED) is 0.449. The summed E-state index contributed by atoms with van der Waals surface area (Å²) >= 11 is 0. The summed E-state index contributed by atoms with van der Waals surface area (Å²) in [6.45, 7) is 5.97. The fraction of sp³-hybridized carbons (Fsp3) is 0.400. The first kappa shape index (κ1) is 20.7. The monoisotopic (exact) mass is 402 g/mol. The highest BCUT2D eigenvalue weighted by Crippen LogP contribution is 2.34. The molecular weight excluding hydrogens is 371 g/mol. The molecule has 0 radical (unpaired) electrons. The highest BCUT2D eigenvalue weighted by Gasteiger charge is 2.22. The summed E-state index contributed by atoms with van der Waals surface area (Å²) in [4.78, 5) is 14.6. The SMILES string of the molecule is Bc1cccc2c(C(C)=O)cn(CCCN3CCC(c4ccccc4OC)CC3)c12. The average Bonchev–Trinajstić information content (AvgIpc) is 3.14. The molecule has 0 spiro atoms. The van der Waals surface area contributed by atoms with Crippen molar-refractivity contribution in [3.8, 4) is 5.75 Å². The number of likely N-dealkylation sites (tertiary alicyclic amines) is 1. The molecule has 1 aliphatic rings. The van der Waals surface area contributed by atoms with Crippen molar-refractivity contribution in [3.05, 3.63) is 59.8 Å². The van der Waals surface area contributed by atoms with Crippen molar-refractivity contribution in [1.82, 2.24) is 9.47 Å². The van der Waals surface area contributed by atoms with E-state index in [-0.39, 0.29) is 5.78 Å². The van der Waals surface area contributed by atoms with Gasteiger partial charge in [0.1, 0.15) is 13.6 Å². The van der Waals surface area contributed by atoms with Gasteiger partial charge >= 0.3 is 0 Å². The number of para-hydroxylation sites is 2. The Labute approximate surface area is 180 Å². The van der Waals surface area contributed by atoms with Crippen molar-refractivity contribution in [2.45, 2.75) is 38.6 Å². The minimum absolute atomic E-state index is 0.141. The minimum atomic E-state index is 0.141. The molecule has 5 heteroatoms. The van der Waals surface area contributed by atoms with Crippen LogP contribution in [0.3, 0.4) is 0 Å². The van der Waals surface area contributed by atoms with Crippen molar-refractivity contribution in [2.24, 2.45) is 0 Å². The molecule has 156 valence electrons. The van der Waals surface area contributed by atoms with Gasteiger partial charge in [-0.1, -0.05) is 41.9 Å².